The normalized spacial score (nSPS) is 15.5. The molecule has 2 N–H and O–H groups in total. The largest absolute Gasteiger partial charge is 0.494 e. The zero-order chi connectivity index (χ0) is 22.6. The average Bonchev–Trinajstić information content (AvgIpc) is 2.81. The lowest BCUT2D eigenvalue weighted by molar-refractivity contribution is 0.350. The summed E-state index contributed by atoms with van der Waals surface area (Å²) in [5, 5.41) is 0.924. The van der Waals surface area contributed by atoms with E-state index >= 15 is 0 Å². The van der Waals surface area contributed by atoms with Gasteiger partial charge in [-0.1, -0.05) is 12.1 Å². The minimum atomic E-state index is -3.95. The number of aromatic nitrogens is 3. The molecule has 9 heteroatoms. The number of pyridine rings is 1. The molecule has 0 aliphatic carbocycles. The van der Waals surface area contributed by atoms with Gasteiger partial charge in [-0.05, 0) is 61.6 Å². The zero-order valence-corrected chi connectivity index (χ0v) is 18.9. The molecule has 1 aliphatic rings. The van der Waals surface area contributed by atoms with Crippen LogP contribution >= 0.6 is 7.60 Å². The fourth-order valence-corrected chi connectivity index (χ4v) is 4.73. The first-order chi connectivity index (χ1) is 15.4. The van der Waals surface area contributed by atoms with Gasteiger partial charge in [0, 0.05) is 24.7 Å². The van der Waals surface area contributed by atoms with E-state index in [0.717, 1.165) is 48.3 Å². The van der Waals surface area contributed by atoms with Gasteiger partial charge >= 0.3 is 7.60 Å². The molecule has 4 rings (SSSR count). The van der Waals surface area contributed by atoms with Crippen molar-refractivity contribution in [3.05, 3.63) is 54.1 Å². The number of rotatable bonds is 7. The van der Waals surface area contributed by atoms with Crippen LogP contribution in [0.25, 0.3) is 23.1 Å². The number of piperidine rings is 1. The zero-order valence-electron chi connectivity index (χ0n) is 18.0. The predicted octanol–water partition coefficient (Wildman–Crippen LogP) is 3.99. The first-order valence-corrected chi connectivity index (χ1v) is 12.5. The fraction of sp³-hybridized carbons (Fsp3) is 0.348. The molecule has 0 atom stereocenters. The van der Waals surface area contributed by atoms with Gasteiger partial charge in [-0.3, -0.25) is 9.55 Å². The minimum Gasteiger partial charge on any atom is -0.494 e. The molecule has 0 radical (unpaired) electrons. The second-order valence-electron chi connectivity index (χ2n) is 7.96. The van der Waals surface area contributed by atoms with E-state index in [0.29, 0.717) is 23.9 Å². The first-order valence-electron chi connectivity index (χ1n) is 10.7. The van der Waals surface area contributed by atoms with E-state index in [9.17, 15) is 14.4 Å². The van der Waals surface area contributed by atoms with Crippen LogP contribution in [-0.2, 0) is 4.57 Å². The molecule has 0 saturated carbocycles. The monoisotopic (exact) mass is 454 g/mol. The number of methoxy groups -OCH3 is 1. The van der Waals surface area contributed by atoms with E-state index < -0.39 is 7.60 Å². The maximum absolute atomic E-state index is 11.2. The van der Waals surface area contributed by atoms with Crippen molar-refractivity contribution in [2.45, 2.75) is 19.3 Å². The summed E-state index contributed by atoms with van der Waals surface area (Å²) in [6.07, 6.45) is 7.72. The van der Waals surface area contributed by atoms with Crippen molar-refractivity contribution in [3.63, 3.8) is 0 Å². The van der Waals surface area contributed by atoms with Gasteiger partial charge in [-0.2, -0.15) is 0 Å². The van der Waals surface area contributed by atoms with E-state index in [4.69, 9.17) is 14.7 Å². The Kier molecular flexibility index (Phi) is 6.84. The highest BCUT2D eigenvalue weighted by atomic mass is 31.2. The first kappa shape index (κ1) is 22.4. The van der Waals surface area contributed by atoms with Gasteiger partial charge in [0.15, 0.2) is 5.82 Å². The number of hydrogen-bond acceptors (Lipinski definition) is 6. The van der Waals surface area contributed by atoms with Crippen molar-refractivity contribution in [1.29, 1.82) is 0 Å². The van der Waals surface area contributed by atoms with Crippen molar-refractivity contribution in [2.75, 3.05) is 31.3 Å². The lowest BCUT2D eigenvalue weighted by Crippen LogP contribution is -2.34. The van der Waals surface area contributed by atoms with Crippen LogP contribution in [0.2, 0.25) is 0 Å². The minimum absolute atomic E-state index is 0.0478. The molecule has 3 heterocycles. The lowest BCUT2D eigenvalue weighted by atomic mass is 9.94. The maximum Gasteiger partial charge on any atom is 0.325 e. The predicted molar refractivity (Wildman–Crippen MR) is 126 cm³/mol. The molecule has 168 valence electrons. The van der Waals surface area contributed by atoms with Crippen molar-refractivity contribution < 1.29 is 19.1 Å². The Balaban J connectivity index is 1.62. The molecule has 8 nitrogen and oxygen atoms in total. The molecule has 0 bridgehead atoms. The quantitative estimate of drug-likeness (QED) is 0.516. The average molecular weight is 454 g/mol. The van der Waals surface area contributed by atoms with Gasteiger partial charge in [-0.25, -0.2) is 9.97 Å². The van der Waals surface area contributed by atoms with E-state index in [2.05, 4.69) is 9.88 Å². The van der Waals surface area contributed by atoms with Crippen LogP contribution in [0.15, 0.2) is 42.6 Å². The maximum atomic E-state index is 11.2. The Hall–Kier alpha value is -2.80. The highest BCUT2D eigenvalue weighted by Gasteiger charge is 2.25. The van der Waals surface area contributed by atoms with Gasteiger partial charge < -0.3 is 19.4 Å². The van der Waals surface area contributed by atoms with Gasteiger partial charge in [0.05, 0.1) is 19.0 Å². The molecule has 0 amide bonds. The summed E-state index contributed by atoms with van der Waals surface area (Å²) in [5.74, 6) is 2.43. The Labute approximate surface area is 187 Å². The highest BCUT2D eigenvalue weighted by molar-refractivity contribution is 7.51. The number of anilines is 1. The van der Waals surface area contributed by atoms with Crippen LogP contribution in [0.3, 0.4) is 0 Å². The van der Waals surface area contributed by atoms with E-state index in [-0.39, 0.29) is 6.16 Å². The van der Waals surface area contributed by atoms with Crippen LogP contribution in [0, 0.1) is 5.92 Å². The van der Waals surface area contributed by atoms with Crippen molar-refractivity contribution >= 4 is 36.5 Å². The molecule has 2 aromatic heterocycles. The van der Waals surface area contributed by atoms with E-state index in [1.165, 1.54) is 0 Å². The number of benzene rings is 1. The Morgan fingerprint density at radius 2 is 1.94 bits per heavy atom. The second kappa shape index (κ2) is 9.77. The second-order valence-corrected chi connectivity index (χ2v) is 9.73. The van der Waals surface area contributed by atoms with Crippen LogP contribution in [0.5, 0.6) is 5.75 Å². The summed E-state index contributed by atoms with van der Waals surface area (Å²) in [5.41, 5.74) is 1.58. The lowest BCUT2D eigenvalue weighted by Gasteiger charge is -2.33. The summed E-state index contributed by atoms with van der Waals surface area (Å²) in [6, 6.07) is 11.5. The Bertz CT molecular complexity index is 1140. The third-order valence-electron chi connectivity index (χ3n) is 5.74. The number of fused-ring (bicyclic) bond motifs is 1. The Morgan fingerprint density at radius 3 is 2.62 bits per heavy atom. The molecule has 0 unspecified atom stereocenters. The van der Waals surface area contributed by atoms with Crippen LogP contribution in [-0.4, -0.2) is 51.1 Å². The van der Waals surface area contributed by atoms with Crippen LogP contribution in [0.1, 0.15) is 30.8 Å². The summed E-state index contributed by atoms with van der Waals surface area (Å²) in [7, 11) is -2.32. The fourth-order valence-electron chi connectivity index (χ4n) is 4.03. The molecule has 1 fully saturated rings. The van der Waals surface area contributed by atoms with Gasteiger partial charge in [0.25, 0.3) is 0 Å². The summed E-state index contributed by atoms with van der Waals surface area (Å²) >= 11 is 0. The van der Waals surface area contributed by atoms with E-state index in [1.807, 2.05) is 48.6 Å². The Morgan fingerprint density at radius 1 is 1.12 bits per heavy atom. The van der Waals surface area contributed by atoms with E-state index in [1.54, 1.807) is 13.3 Å². The summed E-state index contributed by atoms with van der Waals surface area (Å²) < 4.78 is 16.8. The third kappa shape index (κ3) is 5.51. The standard InChI is InChI=1S/C23H27N4O4P/c1-31-20-7-4-6-19-22(20)25-21(9-8-18-5-2-3-13-24-18)26-23(19)27-14-10-17(11-15-27)12-16-32(28,29)30/h2-9,13,17H,10-12,14-16H2,1H3,(H2,28,29,30)/b9-8+. The van der Waals surface area contributed by atoms with Crippen LogP contribution in [0.4, 0.5) is 5.82 Å². The molecule has 32 heavy (non-hydrogen) atoms. The van der Waals surface area contributed by atoms with Gasteiger partial charge in [0.1, 0.15) is 17.1 Å². The van der Waals surface area contributed by atoms with Gasteiger partial charge in [-0.15, -0.1) is 0 Å². The topological polar surface area (TPSA) is 109 Å². The molecule has 0 spiro atoms. The summed E-state index contributed by atoms with van der Waals surface area (Å²) in [6.45, 7) is 1.55. The molecule has 3 aromatic rings. The van der Waals surface area contributed by atoms with Crippen molar-refractivity contribution in [3.8, 4) is 5.75 Å². The molecular formula is C23H27N4O4P. The van der Waals surface area contributed by atoms with Gasteiger partial charge in [0.2, 0.25) is 0 Å². The van der Waals surface area contributed by atoms with Crippen LogP contribution < -0.4 is 9.64 Å². The molecule has 1 aliphatic heterocycles. The van der Waals surface area contributed by atoms with Crippen molar-refractivity contribution in [1.82, 2.24) is 15.0 Å². The molecule has 1 aromatic carbocycles. The SMILES string of the molecule is COc1cccc2c(N3CCC(CCP(=O)(O)O)CC3)nc(/C=C/c3ccccn3)nc12. The van der Waals surface area contributed by atoms with Crippen molar-refractivity contribution in [2.24, 2.45) is 5.92 Å². The molecule has 1 saturated heterocycles. The number of nitrogens with zero attached hydrogens (tertiary/aromatic N) is 4. The summed E-state index contributed by atoms with van der Waals surface area (Å²) in [4.78, 5) is 34.5. The number of ether oxygens (including phenoxy) is 1. The number of hydrogen-bond donors (Lipinski definition) is 2. The number of para-hydroxylation sites is 1. The smallest absolute Gasteiger partial charge is 0.325 e. The highest BCUT2D eigenvalue weighted by Crippen LogP contribution is 2.38. The third-order valence-corrected chi connectivity index (χ3v) is 6.58. The molecular weight excluding hydrogens is 427 g/mol.